The summed E-state index contributed by atoms with van der Waals surface area (Å²) in [6.45, 7) is 1.66. The molecule has 1 aromatic rings. The summed E-state index contributed by atoms with van der Waals surface area (Å²) in [6.07, 6.45) is 0. The minimum atomic E-state index is -0.532. The van der Waals surface area contributed by atoms with E-state index >= 15 is 0 Å². The van der Waals surface area contributed by atoms with Crippen molar-refractivity contribution in [2.75, 3.05) is 5.43 Å². The molecule has 3 N–H and O–H groups in total. The van der Waals surface area contributed by atoms with Crippen LogP contribution in [-0.4, -0.2) is 4.92 Å². The molecule has 0 unspecified atom stereocenters. The molecule has 0 heterocycles. The average Bonchev–Trinajstić information content (AvgIpc) is 2.09. The number of nitrogens with two attached hydrogens (primary N) is 1. The van der Waals surface area contributed by atoms with E-state index in [9.17, 15) is 10.1 Å². The number of nitrogens with one attached hydrogen (secondary N) is 1. The van der Waals surface area contributed by atoms with Gasteiger partial charge in [0.1, 0.15) is 5.02 Å². The number of anilines is 1. The predicted octanol–water partition coefficient (Wildman–Crippen LogP) is 1.84. The van der Waals surface area contributed by atoms with Gasteiger partial charge in [-0.2, -0.15) is 0 Å². The first-order chi connectivity index (χ1) is 6.07. The number of nitro benzene ring substituents is 1. The van der Waals surface area contributed by atoms with Gasteiger partial charge in [0.15, 0.2) is 0 Å². The van der Waals surface area contributed by atoms with Crippen LogP contribution < -0.4 is 11.3 Å². The maximum absolute atomic E-state index is 10.4. The highest BCUT2D eigenvalue weighted by molar-refractivity contribution is 6.33. The van der Waals surface area contributed by atoms with Gasteiger partial charge in [0.25, 0.3) is 5.69 Å². The molecule has 0 aliphatic carbocycles. The molecule has 0 aromatic heterocycles. The van der Waals surface area contributed by atoms with Crippen molar-refractivity contribution in [3.05, 3.63) is 32.8 Å². The molecule has 13 heavy (non-hydrogen) atoms. The summed E-state index contributed by atoms with van der Waals surface area (Å²) in [5, 5.41) is 10.6. The van der Waals surface area contributed by atoms with E-state index in [-0.39, 0.29) is 10.7 Å². The molecule has 1 rings (SSSR count). The van der Waals surface area contributed by atoms with Gasteiger partial charge in [-0.25, -0.2) is 0 Å². The summed E-state index contributed by atoms with van der Waals surface area (Å²) in [4.78, 5) is 9.91. The number of hydrogen-bond acceptors (Lipinski definition) is 4. The van der Waals surface area contributed by atoms with E-state index < -0.39 is 4.92 Å². The number of hydrogen-bond donors (Lipinski definition) is 2. The molecular formula is C7H8ClN3O2. The zero-order chi connectivity index (χ0) is 10.0. The second kappa shape index (κ2) is 3.59. The molecule has 1 aromatic carbocycles. The molecule has 0 bridgehead atoms. The van der Waals surface area contributed by atoms with Crippen molar-refractivity contribution in [1.29, 1.82) is 0 Å². The van der Waals surface area contributed by atoms with Gasteiger partial charge in [-0.1, -0.05) is 11.6 Å². The number of halogens is 1. The highest BCUT2D eigenvalue weighted by Gasteiger charge is 2.15. The van der Waals surface area contributed by atoms with Crippen molar-refractivity contribution in [2.45, 2.75) is 6.92 Å². The van der Waals surface area contributed by atoms with Crippen molar-refractivity contribution in [1.82, 2.24) is 0 Å². The van der Waals surface area contributed by atoms with E-state index in [1.165, 1.54) is 12.1 Å². The van der Waals surface area contributed by atoms with Crippen LogP contribution in [0.1, 0.15) is 5.56 Å². The van der Waals surface area contributed by atoms with E-state index in [0.717, 1.165) is 0 Å². The van der Waals surface area contributed by atoms with Gasteiger partial charge in [-0.3, -0.25) is 16.0 Å². The molecule has 70 valence electrons. The average molecular weight is 202 g/mol. The molecule has 6 heteroatoms. The van der Waals surface area contributed by atoms with Gasteiger partial charge in [-0.05, 0) is 18.6 Å². The molecule has 0 saturated heterocycles. The van der Waals surface area contributed by atoms with Crippen molar-refractivity contribution in [2.24, 2.45) is 5.84 Å². The van der Waals surface area contributed by atoms with Crippen LogP contribution >= 0.6 is 11.6 Å². The Hall–Kier alpha value is -1.33. The van der Waals surface area contributed by atoms with Gasteiger partial charge in [-0.15, -0.1) is 0 Å². The van der Waals surface area contributed by atoms with E-state index in [4.69, 9.17) is 17.4 Å². The Balaban J connectivity index is 3.31. The second-order valence-corrected chi connectivity index (χ2v) is 2.85. The first kappa shape index (κ1) is 9.76. The van der Waals surface area contributed by atoms with Crippen molar-refractivity contribution < 1.29 is 4.92 Å². The van der Waals surface area contributed by atoms with Gasteiger partial charge < -0.3 is 5.43 Å². The Labute approximate surface area is 79.6 Å². The third-order valence-electron chi connectivity index (χ3n) is 1.72. The molecular weight excluding hydrogens is 194 g/mol. The zero-order valence-corrected chi connectivity index (χ0v) is 7.63. The fourth-order valence-corrected chi connectivity index (χ4v) is 1.20. The van der Waals surface area contributed by atoms with Crippen LogP contribution in [0.15, 0.2) is 12.1 Å². The van der Waals surface area contributed by atoms with Crippen LogP contribution in [0.3, 0.4) is 0 Å². The highest BCUT2D eigenvalue weighted by atomic mass is 35.5. The zero-order valence-electron chi connectivity index (χ0n) is 6.87. The number of hydrazine groups is 1. The first-order valence-corrected chi connectivity index (χ1v) is 3.86. The number of nitro groups is 1. The lowest BCUT2D eigenvalue weighted by Crippen LogP contribution is -2.08. The van der Waals surface area contributed by atoms with Crippen molar-refractivity contribution in [3.8, 4) is 0 Å². The van der Waals surface area contributed by atoms with Crippen LogP contribution in [-0.2, 0) is 0 Å². The SMILES string of the molecule is Cc1c(NN)ccc([N+](=O)[O-])c1Cl. The smallest absolute Gasteiger partial charge is 0.288 e. The summed E-state index contributed by atoms with van der Waals surface area (Å²) in [5.41, 5.74) is 3.43. The predicted molar refractivity (Wildman–Crippen MR) is 50.7 cm³/mol. The van der Waals surface area contributed by atoms with E-state index in [1.807, 2.05) is 0 Å². The Bertz CT molecular complexity index is 354. The van der Waals surface area contributed by atoms with Crippen LogP contribution in [0.4, 0.5) is 11.4 Å². The summed E-state index contributed by atoms with van der Waals surface area (Å²) in [6, 6.07) is 2.82. The third-order valence-corrected chi connectivity index (χ3v) is 2.20. The Morgan fingerprint density at radius 3 is 2.69 bits per heavy atom. The molecule has 0 fully saturated rings. The molecule has 0 spiro atoms. The summed E-state index contributed by atoms with van der Waals surface area (Å²) >= 11 is 5.73. The minimum absolute atomic E-state index is 0.112. The van der Waals surface area contributed by atoms with Gasteiger partial charge in [0.2, 0.25) is 0 Å². The van der Waals surface area contributed by atoms with E-state index in [1.54, 1.807) is 6.92 Å². The largest absolute Gasteiger partial charge is 0.324 e. The van der Waals surface area contributed by atoms with Crippen molar-refractivity contribution >= 4 is 23.0 Å². The highest BCUT2D eigenvalue weighted by Crippen LogP contribution is 2.31. The van der Waals surface area contributed by atoms with E-state index in [0.29, 0.717) is 11.3 Å². The molecule has 5 nitrogen and oxygen atoms in total. The lowest BCUT2D eigenvalue weighted by atomic mass is 10.2. The molecule has 0 aliphatic heterocycles. The monoisotopic (exact) mass is 201 g/mol. The molecule has 0 aliphatic rings. The summed E-state index contributed by atoms with van der Waals surface area (Å²) in [5.74, 6) is 5.17. The maximum Gasteiger partial charge on any atom is 0.288 e. The topological polar surface area (TPSA) is 81.2 Å². The molecule has 0 atom stereocenters. The lowest BCUT2D eigenvalue weighted by Gasteiger charge is -2.05. The Morgan fingerprint density at radius 2 is 2.23 bits per heavy atom. The Morgan fingerprint density at radius 1 is 1.62 bits per heavy atom. The fraction of sp³-hybridized carbons (Fsp3) is 0.143. The molecule has 0 radical (unpaired) electrons. The van der Waals surface area contributed by atoms with Gasteiger partial charge >= 0.3 is 0 Å². The second-order valence-electron chi connectivity index (χ2n) is 2.47. The molecule has 0 saturated carbocycles. The number of nitrogens with zero attached hydrogens (tertiary/aromatic N) is 1. The van der Waals surface area contributed by atoms with E-state index in [2.05, 4.69) is 5.43 Å². The normalized spacial score (nSPS) is 9.77. The van der Waals surface area contributed by atoms with Gasteiger partial charge in [0.05, 0.1) is 10.6 Å². The number of rotatable bonds is 2. The van der Waals surface area contributed by atoms with Gasteiger partial charge in [0, 0.05) is 6.07 Å². The Kier molecular flexibility index (Phi) is 2.69. The standard InChI is InChI=1S/C7H8ClN3O2/c1-4-5(10-9)2-3-6(7(4)8)11(12)13/h2-3,10H,9H2,1H3. The molecule has 0 amide bonds. The van der Waals surface area contributed by atoms with Crippen LogP contribution in [0.5, 0.6) is 0 Å². The van der Waals surface area contributed by atoms with Crippen LogP contribution in [0.2, 0.25) is 5.02 Å². The quantitative estimate of drug-likeness (QED) is 0.435. The maximum atomic E-state index is 10.4. The number of nitrogen functional groups attached to an aromatic ring is 1. The summed E-state index contributed by atoms with van der Waals surface area (Å²) in [7, 11) is 0. The summed E-state index contributed by atoms with van der Waals surface area (Å²) < 4.78 is 0. The van der Waals surface area contributed by atoms with Crippen LogP contribution in [0.25, 0.3) is 0 Å². The number of benzene rings is 1. The third kappa shape index (κ3) is 1.71. The fourth-order valence-electron chi connectivity index (χ4n) is 0.968. The van der Waals surface area contributed by atoms with Crippen LogP contribution in [0, 0.1) is 17.0 Å². The van der Waals surface area contributed by atoms with Crippen molar-refractivity contribution in [3.63, 3.8) is 0 Å². The minimum Gasteiger partial charge on any atom is -0.324 e. The first-order valence-electron chi connectivity index (χ1n) is 3.48. The lowest BCUT2D eigenvalue weighted by molar-refractivity contribution is -0.384.